The van der Waals surface area contributed by atoms with E-state index in [2.05, 4.69) is 15.6 Å². The molecule has 6 heteroatoms. The highest BCUT2D eigenvalue weighted by molar-refractivity contribution is 6.08. The summed E-state index contributed by atoms with van der Waals surface area (Å²) in [5.74, 6) is -0.780. The Morgan fingerprint density at radius 2 is 1.64 bits per heavy atom. The fourth-order valence-corrected chi connectivity index (χ4v) is 2.75. The van der Waals surface area contributed by atoms with E-state index in [-0.39, 0.29) is 5.69 Å². The number of hydrogen-bond donors (Lipinski definition) is 2. The lowest BCUT2D eigenvalue weighted by molar-refractivity contribution is 0.102. The number of amides is 2. The molecule has 1 heterocycles. The molecule has 0 unspecified atom stereocenters. The van der Waals surface area contributed by atoms with Gasteiger partial charge in [-0.3, -0.25) is 14.6 Å². The predicted molar refractivity (Wildman–Crippen MR) is 107 cm³/mol. The highest BCUT2D eigenvalue weighted by atomic mass is 16.2. The second kappa shape index (κ2) is 8.14. The van der Waals surface area contributed by atoms with Crippen molar-refractivity contribution >= 4 is 23.2 Å². The standard InChI is InChI=1S/C22H18N4O2/c1-14-5-3-6-15(2)20(14)26-22(28)19-12-17(9-10-24-19)21(27)25-18-8-4-7-16(11-18)13-23/h3-12H,1-2H3,(H,25,27)(H,26,28). The van der Waals surface area contributed by atoms with E-state index < -0.39 is 11.8 Å². The molecule has 2 aromatic carbocycles. The topological polar surface area (TPSA) is 94.9 Å². The molecule has 138 valence electrons. The maximum Gasteiger partial charge on any atom is 0.274 e. The Balaban J connectivity index is 1.78. The zero-order valence-electron chi connectivity index (χ0n) is 15.5. The van der Waals surface area contributed by atoms with Gasteiger partial charge in [0.25, 0.3) is 11.8 Å². The van der Waals surface area contributed by atoms with Gasteiger partial charge in [0, 0.05) is 23.1 Å². The van der Waals surface area contributed by atoms with Crippen LogP contribution in [0.5, 0.6) is 0 Å². The Morgan fingerprint density at radius 3 is 2.36 bits per heavy atom. The van der Waals surface area contributed by atoms with Crippen molar-refractivity contribution in [3.8, 4) is 6.07 Å². The van der Waals surface area contributed by atoms with Gasteiger partial charge in [-0.25, -0.2) is 0 Å². The van der Waals surface area contributed by atoms with Crippen molar-refractivity contribution in [1.29, 1.82) is 5.26 Å². The average Bonchev–Trinajstić information content (AvgIpc) is 2.71. The number of benzene rings is 2. The molecule has 1 aromatic heterocycles. The Morgan fingerprint density at radius 1 is 0.929 bits per heavy atom. The van der Waals surface area contributed by atoms with Gasteiger partial charge in [-0.2, -0.15) is 5.26 Å². The first-order chi connectivity index (χ1) is 13.5. The van der Waals surface area contributed by atoms with Crippen molar-refractivity contribution in [2.45, 2.75) is 13.8 Å². The monoisotopic (exact) mass is 370 g/mol. The largest absolute Gasteiger partial charge is 0.322 e. The molecule has 6 nitrogen and oxygen atoms in total. The van der Waals surface area contributed by atoms with Crippen LogP contribution in [0.2, 0.25) is 0 Å². The number of nitriles is 1. The first-order valence-electron chi connectivity index (χ1n) is 8.63. The summed E-state index contributed by atoms with van der Waals surface area (Å²) in [4.78, 5) is 29.2. The van der Waals surface area contributed by atoms with Gasteiger partial charge < -0.3 is 10.6 Å². The molecule has 0 aliphatic rings. The van der Waals surface area contributed by atoms with Crippen molar-refractivity contribution in [3.63, 3.8) is 0 Å². The third-order valence-corrected chi connectivity index (χ3v) is 4.22. The maximum atomic E-state index is 12.6. The van der Waals surface area contributed by atoms with E-state index >= 15 is 0 Å². The summed E-state index contributed by atoms with van der Waals surface area (Å²) in [5.41, 5.74) is 4.01. The number of anilines is 2. The van der Waals surface area contributed by atoms with Crippen LogP contribution in [-0.4, -0.2) is 16.8 Å². The van der Waals surface area contributed by atoms with Crippen molar-refractivity contribution in [2.24, 2.45) is 0 Å². The van der Waals surface area contributed by atoms with E-state index in [1.54, 1.807) is 24.3 Å². The molecule has 0 spiro atoms. The summed E-state index contributed by atoms with van der Waals surface area (Å²) in [6.07, 6.45) is 1.42. The van der Waals surface area contributed by atoms with Gasteiger partial charge in [0.05, 0.1) is 11.6 Å². The Hall–Kier alpha value is -3.98. The molecule has 0 fully saturated rings. The molecule has 2 amide bonds. The second-order valence-electron chi connectivity index (χ2n) is 6.30. The highest BCUT2D eigenvalue weighted by Crippen LogP contribution is 2.20. The Kier molecular flexibility index (Phi) is 5.47. The third-order valence-electron chi connectivity index (χ3n) is 4.22. The Bertz CT molecular complexity index is 1080. The van der Waals surface area contributed by atoms with Crippen LogP contribution in [0.1, 0.15) is 37.5 Å². The summed E-state index contributed by atoms with van der Waals surface area (Å²) in [6.45, 7) is 3.82. The van der Waals surface area contributed by atoms with Crippen LogP contribution in [0.3, 0.4) is 0 Å². The van der Waals surface area contributed by atoms with E-state index in [1.165, 1.54) is 18.3 Å². The molecular formula is C22H18N4O2. The van der Waals surface area contributed by atoms with Gasteiger partial charge in [-0.05, 0) is 55.3 Å². The SMILES string of the molecule is Cc1cccc(C)c1NC(=O)c1cc(C(=O)Nc2cccc(C#N)c2)ccn1. The van der Waals surface area contributed by atoms with E-state index in [4.69, 9.17) is 5.26 Å². The smallest absolute Gasteiger partial charge is 0.274 e. The van der Waals surface area contributed by atoms with Crippen LogP contribution in [0.25, 0.3) is 0 Å². The molecule has 0 atom stereocenters. The summed E-state index contributed by atoms with van der Waals surface area (Å²) in [6, 6.07) is 17.3. The number of pyridine rings is 1. The number of nitrogens with zero attached hydrogens (tertiary/aromatic N) is 2. The number of rotatable bonds is 4. The fourth-order valence-electron chi connectivity index (χ4n) is 2.75. The summed E-state index contributed by atoms with van der Waals surface area (Å²) < 4.78 is 0. The lowest BCUT2D eigenvalue weighted by Gasteiger charge is -2.11. The summed E-state index contributed by atoms with van der Waals surface area (Å²) >= 11 is 0. The molecule has 0 bridgehead atoms. The minimum absolute atomic E-state index is 0.140. The maximum absolute atomic E-state index is 12.6. The molecule has 0 saturated carbocycles. The van der Waals surface area contributed by atoms with Gasteiger partial charge in [0.1, 0.15) is 5.69 Å². The number of aryl methyl sites for hydroxylation is 2. The average molecular weight is 370 g/mol. The molecule has 0 saturated heterocycles. The highest BCUT2D eigenvalue weighted by Gasteiger charge is 2.14. The number of carbonyl (C=O) groups is 2. The van der Waals surface area contributed by atoms with Crippen LogP contribution >= 0.6 is 0 Å². The number of aromatic nitrogens is 1. The van der Waals surface area contributed by atoms with E-state index in [0.717, 1.165) is 16.8 Å². The van der Waals surface area contributed by atoms with Crippen LogP contribution in [0.15, 0.2) is 60.8 Å². The number of para-hydroxylation sites is 1. The van der Waals surface area contributed by atoms with Gasteiger partial charge >= 0.3 is 0 Å². The Labute approximate surface area is 162 Å². The lowest BCUT2D eigenvalue weighted by atomic mass is 10.1. The quantitative estimate of drug-likeness (QED) is 0.723. The van der Waals surface area contributed by atoms with Crippen molar-refractivity contribution < 1.29 is 9.59 Å². The van der Waals surface area contributed by atoms with Crippen LogP contribution in [-0.2, 0) is 0 Å². The normalized spacial score (nSPS) is 10.0. The predicted octanol–water partition coefficient (Wildman–Crippen LogP) is 4.07. The first-order valence-corrected chi connectivity index (χ1v) is 8.63. The van der Waals surface area contributed by atoms with E-state index in [9.17, 15) is 9.59 Å². The van der Waals surface area contributed by atoms with Crippen molar-refractivity contribution in [2.75, 3.05) is 10.6 Å². The van der Waals surface area contributed by atoms with Crippen LogP contribution < -0.4 is 10.6 Å². The molecule has 3 aromatic rings. The number of nitrogens with one attached hydrogen (secondary N) is 2. The minimum atomic E-state index is -0.390. The number of carbonyl (C=O) groups excluding carboxylic acids is 2. The molecule has 0 radical (unpaired) electrons. The molecular weight excluding hydrogens is 352 g/mol. The first kappa shape index (κ1) is 18.8. The molecule has 2 N–H and O–H groups in total. The fraction of sp³-hybridized carbons (Fsp3) is 0.0909. The second-order valence-corrected chi connectivity index (χ2v) is 6.30. The zero-order valence-corrected chi connectivity index (χ0v) is 15.5. The lowest BCUT2D eigenvalue weighted by Crippen LogP contribution is -2.18. The van der Waals surface area contributed by atoms with Crippen LogP contribution in [0.4, 0.5) is 11.4 Å². The van der Waals surface area contributed by atoms with E-state index in [0.29, 0.717) is 16.8 Å². The van der Waals surface area contributed by atoms with Crippen molar-refractivity contribution in [3.05, 3.63) is 88.7 Å². The zero-order chi connectivity index (χ0) is 20.1. The molecule has 3 rings (SSSR count). The molecule has 28 heavy (non-hydrogen) atoms. The van der Waals surface area contributed by atoms with Crippen molar-refractivity contribution in [1.82, 2.24) is 4.98 Å². The van der Waals surface area contributed by atoms with Gasteiger partial charge in [0.2, 0.25) is 0 Å². The molecule has 0 aliphatic heterocycles. The minimum Gasteiger partial charge on any atom is -0.322 e. The number of hydrogen-bond acceptors (Lipinski definition) is 4. The summed E-state index contributed by atoms with van der Waals surface area (Å²) in [5, 5.41) is 14.5. The van der Waals surface area contributed by atoms with Crippen LogP contribution in [0, 0.1) is 25.2 Å². The van der Waals surface area contributed by atoms with E-state index in [1.807, 2.05) is 38.1 Å². The van der Waals surface area contributed by atoms with Gasteiger partial charge in [-0.1, -0.05) is 24.3 Å². The van der Waals surface area contributed by atoms with Gasteiger partial charge in [-0.15, -0.1) is 0 Å². The third kappa shape index (κ3) is 4.22. The molecule has 0 aliphatic carbocycles. The summed E-state index contributed by atoms with van der Waals surface area (Å²) in [7, 11) is 0. The van der Waals surface area contributed by atoms with Gasteiger partial charge in [0.15, 0.2) is 0 Å².